The van der Waals surface area contributed by atoms with Crippen molar-refractivity contribution < 1.29 is 13.9 Å². The van der Waals surface area contributed by atoms with Gasteiger partial charge < -0.3 is 10.1 Å². The first-order valence-corrected chi connectivity index (χ1v) is 7.94. The van der Waals surface area contributed by atoms with Crippen molar-refractivity contribution in [1.82, 2.24) is 9.78 Å². The van der Waals surface area contributed by atoms with Gasteiger partial charge in [-0.05, 0) is 37.3 Å². The Morgan fingerprint density at radius 3 is 2.72 bits per heavy atom. The molecule has 0 aliphatic carbocycles. The number of hydrogen-bond donors (Lipinski definition) is 1. The molecule has 2 aromatic carbocycles. The first-order chi connectivity index (χ1) is 12.0. The molecule has 128 valence electrons. The van der Waals surface area contributed by atoms with Crippen LogP contribution in [-0.2, 0) is 4.79 Å². The third-order valence-electron chi connectivity index (χ3n) is 3.41. The largest absolute Gasteiger partial charge is 0.462 e. The van der Waals surface area contributed by atoms with Gasteiger partial charge in [0.15, 0.2) is 6.10 Å². The summed E-state index contributed by atoms with van der Waals surface area (Å²) < 4.78 is 20.3. The number of para-hydroxylation sites is 1. The minimum Gasteiger partial charge on any atom is -0.462 e. The van der Waals surface area contributed by atoms with Gasteiger partial charge in [-0.2, -0.15) is 0 Å². The number of benzene rings is 2. The molecule has 0 saturated carbocycles. The maximum absolute atomic E-state index is 13.2. The second-order valence-corrected chi connectivity index (χ2v) is 5.73. The van der Waals surface area contributed by atoms with E-state index in [0.717, 1.165) is 5.69 Å². The minimum absolute atomic E-state index is 0.146. The van der Waals surface area contributed by atoms with E-state index in [0.29, 0.717) is 5.69 Å². The maximum atomic E-state index is 13.2. The fourth-order valence-corrected chi connectivity index (χ4v) is 2.34. The number of nitrogens with one attached hydrogen (secondary N) is 1. The first kappa shape index (κ1) is 17.0. The molecule has 7 heteroatoms. The highest BCUT2D eigenvalue weighted by Crippen LogP contribution is 2.25. The molecule has 3 aromatic rings. The molecule has 0 fully saturated rings. The molecule has 1 atom stereocenters. The van der Waals surface area contributed by atoms with Crippen LogP contribution in [0.3, 0.4) is 0 Å². The molecule has 5 nitrogen and oxygen atoms in total. The van der Waals surface area contributed by atoms with Crippen LogP contribution in [0.25, 0.3) is 5.69 Å². The summed E-state index contributed by atoms with van der Waals surface area (Å²) in [5.41, 5.74) is 1.16. The summed E-state index contributed by atoms with van der Waals surface area (Å²) in [6, 6.07) is 15.0. The van der Waals surface area contributed by atoms with Crippen molar-refractivity contribution in [2.24, 2.45) is 0 Å². The van der Waals surface area contributed by atoms with Gasteiger partial charge in [0.2, 0.25) is 0 Å². The van der Waals surface area contributed by atoms with Crippen LogP contribution in [0, 0.1) is 5.82 Å². The van der Waals surface area contributed by atoms with Gasteiger partial charge in [0.25, 0.3) is 11.8 Å². The Kier molecular flexibility index (Phi) is 5.00. The van der Waals surface area contributed by atoms with Gasteiger partial charge in [-0.15, -0.1) is 5.10 Å². The van der Waals surface area contributed by atoms with Gasteiger partial charge in [0, 0.05) is 5.69 Å². The number of nitrogens with zero attached hydrogens (tertiary/aromatic N) is 2. The number of anilines is 1. The Morgan fingerprint density at radius 2 is 2.00 bits per heavy atom. The lowest BCUT2D eigenvalue weighted by molar-refractivity contribution is -0.122. The Labute approximate surface area is 149 Å². The number of amides is 1. The summed E-state index contributed by atoms with van der Waals surface area (Å²) in [7, 11) is 0. The molecule has 3 rings (SSSR count). The summed E-state index contributed by atoms with van der Waals surface area (Å²) >= 11 is 6.13. The van der Waals surface area contributed by atoms with E-state index in [2.05, 4.69) is 10.4 Å². The summed E-state index contributed by atoms with van der Waals surface area (Å²) in [6.07, 6.45) is 0.739. The second-order valence-electron chi connectivity index (χ2n) is 5.32. The lowest BCUT2D eigenvalue weighted by atomic mass is 10.3. The quantitative estimate of drug-likeness (QED) is 0.747. The maximum Gasteiger partial charge on any atom is 0.265 e. The smallest absolute Gasteiger partial charge is 0.265 e. The van der Waals surface area contributed by atoms with E-state index in [1.165, 1.54) is 18.2 Å². The number of halogens is 2. The molecule has 1 heterocycles. The van der Waals surface area contributed by atoms with Gasteiger partial charge >= 0.3 is 0 Å². The standard InChI is InChI=1S/C18H15ClFN3O2/c1-12(17(24)21-14-7-5-6-13(20)10-14)25-18-16(19)11-23(22-18)15-8-3-2-4-9-15/h2-12H,1H3,(H,21,24)/t12-/m0/s1. The van der Waals surface area contributed by atoms with E-state index < -0.39 is 17.8 Å². The Morgan fingerprint density at radius 1 is 1.24 bits per heavy atom. The molecule has 0 bridgehead atoms. The highest BCUT2D eigenvalue weighted by molar-refractivity contribution is 6.31. The lowest BCUT2D eigenvalue weighted by Crippen LogP contribution is -2.30. The fraction of sp³-hybridized carbons (Fsp3) is 0.111. The van der Waals surface area contributed by atoms with E-state index in [9.17, 15) is 9.18 Å². The number of ether oxygens (including phenoxy) is 1. The molecular weight excluding hydrogens is 345 g/mol. The Bertz CT molecular complexity index is 883. The summed E-state index contributed by atoms with van der Waals surface area (Å²) in [5.74, 6) is -0.723. The van der Waals surface area contributed by atoms with E-state index >= 15 is 0 Å². The zero-order valence-corrected chi connectivity index (χ0v) is 14.1. The molecule has 0 aliphatic rings. The van der Waals surface area contributed by atoms with Crippen LogP contribution >= 0.6 is 11.6 Å². The van der Waals surface area contributed by atoms with Gasteiger partial charge in [-0.3, -0.25) is 4.79 Å². The summed E-state index contributed by atoms with van der Waals surface area (Å²) in [5, 5.41) is 7.11. The molecule has 25 heavy (non-hydrogen) atoms. The number of hydrogen-bond acceptors (Lipinski definition) is 3. The molecule has 1 N–H and O–H groups in total. The zero-order valence-electron chi connectivity index (χ0n) is 13.3. The fourth-order valence-electron chi connectivity index (χ4n) is 2.16. The van der Waals surface area contributed by atoms with E-state index in [-0.39, 0.29) is 10.9 Å². The zero-order chi connectivity index (χ0) is 17.8. The average Bonchev–Trinajstić information content (AvgIpc) is 2.96. The summed E-state index contributed by atoms with van der Waals surface area (Å²) in [4.78, 5) is 12.2. The van der Waals surface area contributed by atoms with Gasteiger partial charge in [-0.25, -0.2) is 9.07 Å². The molecule has 0 saturated heterocycles. The molecule has 1 amide bonds. The molecule has 1 aromatic heterocycles. The van der Waals surface area contributed by atoms with E-state index in [4.69, 9.17) is 16.3 Å². The molecule has 0 radical (unpaired) electrons. The molecule has 0 aliphatic heterocycles. The topological polar surface area (TPSA) is 56.2 Å². The third kappa shape index (κ3) is 4.16. The highest BCUT2D eigenvalue weighted by atomic mass is 35.5. The van der Waals surface area contributed by atoms with Gasteiger partial charge in [-0.1, -0.05) is 35.9 Å². The van der Waals surface area contributed by atoms with Crippen LogP contribution in [0.4, 0.5) is 10.1 Å². The number of carbonyl (C=O) groups is 1. The van der Waals surface area contributed by atoms with Crippen molar-refractivity contribution in [2.45, 2.75) is 13.0 Å². The Balaban J connectivity index is 1.69. The van der Waals surface area contributed by atoms with Crippen molar-refractivity contribution in [3.05, 3.63) is 71.6 Å². The van der Waals surface area contributed by atoms with Crippen LogP contribution in [0.2, 0.25) is 5.02 Å². The first-order valence-electron chi connectivity index (χ1n) is 7.56. The van der Waals surface area contributed by atoms with Crippen LogP contribution < -0.4 is 10.1 Å². The van der Waals surface area contributed by atoms with E-state index in [1.54, 1.807) is 23.9 Å². The number of rotatable bonds is 5. The van der Waals surface area contributed by atoms with Crippen molar-refractivity contribution in [2.75, 3.05) is 5.32 Å². The van der Waals surface area contributed by atoms with Crippen molar-refractivity contribution in [3.8, 4) is 11.6 Å². The highest BCUT2D eigenvalue weighted by Gasteiger charge is 2.19. The molecule has 0 spiro atoms. The SMILES string of the molecule is C[C@H](Oc1nn(-c2ccccc2)cc1Cl)C(=O)Nc1cccc(F)c1. The lowest BCUT2D eigenvalue weighted by Gasteiger charge is -2.13. The molecule has 0 unspecified atom stereocenters. The average molecular weight is 360 g/mol. The van der Waals surface area contributed by atoms with Gasteiger partial charge in [0.05, 0.1) is 11.9 Å². The number of aromatic nitrogens is 2. The normalized spacial score (nSPS) is 11.8. The minimum atomic E-state index is -0.861. The third-order valence-corrected chi connectivity index (χ3v) is 3.67. The predicted molar refractivity (Wildman–Crippen MR) is 93.7 cm³/mol. The monoisotopic (exact) mass is 359 g/mol. The van der Waals surface area contributed by atoms with Crippen LogP contribution in [0.5, 0.6) is 5.88 Å². The van der Waals surface area contributed by atoms with Crippen molar-refractivity contribution >= 4 is 23.2 Å². The van der Waals surface area contributed by atoms with Crippen molar-refractivity contribution in [3.63, 3.8) is 0 Å². The van der Waals surface area contributed by atoms with Crippen LogP contribution in [0.1, 0.15) is 6.92 Å². The predicted octanol–water partition coefficient (Wildman–Crippen LogP) is 4.07. The van der Waals surface area contributed by atoms with Crippen LogP contribution in [-0.4, -0.2) is 21.8 Å². The van der Waals surface area contributed by atoms with Crippen LogP contribution in [0.15, 0.2) is 60.8 Å². The van der Waals surface area contributed by atoms with Gasteiger partial charge in [0.1, 0.15) is 10.8 Å². The summed E-state index contributed by atoms with van der Waals surface area (Å²) in [6.45, 7) is 1.56. The van der Waals surface area contributed by atoms with E-state index in [1.807, 2.05) is 30.3 Å². The second kappa shape index (κ2) is 7.36. The van der Waals surface area contributed by atoms with Crippen molar-refractivity contribution in [1.29, 1.82) is 0 Å². The number of carbonyl (C=O) groups excluding carboxylic acids is 1. The molecular formula is C18H15ClFN3O2. The Hall–Kier alpha value is -2.86.